The lowest BCUT2D eigenvalue weighted by molar-refractivity contribution is 0.305. The van der Waals surface area contributed by atoms with Crippen LogP contribution in [0.4, 0.5) is 5.00 Å². The van der Waals surface area contributed by atoms with E-state index in [0.29, 0.717) is 16.8 Å². The molecule has 2 aromatic heterocycles. The number of nitrogens with zero attached hydrogens (tertiary/aromatic N) is 3. The Labute approximate surface area is 122 Å². The van der Waals surface area contributed by atoms with Crippen molar-refractivity contribution < 1.29 is 4.52 Å². The van der Waals surface area contributed by atoms with Crippen LogP contribution in [0.3, 0.4) is 0 Å². The average Bonchev–Trinajstić information content (AvgIpc) is 3.06. The fraction of sp³-hybridized carbons (Fsp3) is 0.643. The van der Waals surface area contributed by atoms with Crippen molar-refractivity contribution in [1.29, 1.82) is 0 Å². The van der Waals surface area contributed by atoms with Gasteiger partial charge in [0.2, 0.25) is 0 Å². The molecule has 6 heteroatoms. The van der Waals surface area contributed by atoms with Crippen molar-refractivity contribution in [3.63, 3.8) is 0 Å². The van der Waals surface area contributed by atoms with E-state index in [4.69, 9.17) is 10.3 Å². The van der Waals surface area contributed by atoms with Gasteiger partial charge >= 0.3 is 0 Å². The quantitative estimate of drug-likeness (QED) is 0.931. The van der Waals surface area contributed by atoms with Gasteiger partial charge in [-0.05, 0) is 50.1 Å². The summed E-state index contributed by atoms with van der Waals surface area (Å²) in [5, 5.41) is 4.81. The van der Waals surface area contributed by atoms with Gasteiger partial charge in [0.1, 0.15) is 5.00 Å². The SMILES string of the molecule is CCC1CCC(c2noc(-c3c(C)nsc3N)n2)CC1. The second-order valence-corrected chi connectivity index (χ2v) is 6.40. The monoisotopic (exact) mass is 292 g/mol. The minimum absolute atomic E-state index is 0.434. The van der Waals surface area contributed by atoms with Crippen LogP contribution in [0, 0.1) is 12.8 Å². The van der Waals surface area contributed by atoms with E-state index in [9.17, 15) is 0 Å². The van der Waals surface area contributed by atoms with Crippen molar-refractivity contribution in [2.75, 3.05) is 5.73 Å². The number of aryl methyl sites for hydroxylation is 1. The van der Waals surface area contributed by atoms with Gasteiger partial charge in [0.05, 0.1) is 11.3 Å². The van der Waals surface area contributed by atoms with Gasteiger partial charge < -0.3 is 10.3 Å². The summed E-state index contributed by atoms with van der Waals surface area (Å²) in [6, 6.07) is 0. The van der Waals surface area contributed by atoms with Crippen LogP contribution in [0.25, 0.3) is 11.5 Å². The number of nitrogens with two attached hydrogens (primary N) is 1. The maximum atomic E-state index is 5.93. The fourth-order valence-electron chi connectivity index (χ4n) is 2.98. The Balaban J connectivity index is 1.78. The molecular weight excluding hydrogens is 272 g/mol. The Hall–Kier alpha value is -1.43. The van der Waals surface area contributed by atoms with Crippen LogP contribution in [-0.4, -0.2) is 14.5 Å². The molecule has 20 heavy (non-hydrogen) atoms. The molecule has 1 fully saturated rings. The van der Waals surface area contributed by atoms with Crippen molar-refractivity contribution in [3.05, 3.63) is 11.5 Å². The molecule has 1 saturated carbocycles. The van der Waals surface area contributed by atoms with Crippen LogP contribution in [0.1, 0.15) is 56.5 Å². The van der Waals surface area contributed by atoms with Crippen LogP contribution in [0.15, 0.2) is 4.52 Å². The second kappa shape index (κ2) is 5.52. The first-order valence-corrected chi connectivity index (χ1v) is 8.02. The molecular formula is C14H20N4OS. The predicted octanol–water partition coefficient (Wildman–Crippen LogP) is 3.77. The molecule has 0 aromatic carbocycles. The van der Waals surface area contributed by atoms with Crippen LogP contribution < -0.4 is 5.73 Å². The van der Waals surface area contributed by atoms with E-state index in [1.807, 2.05) is 6.92 Å². The van der Waals surface area contributed by atoms with Gasteiger partial charge in [0, 0.05) is 5.92 Å². The lowest BCUT2D eigenvalue weighted by Gasteiger charge is -2.25. The molecule has 0 atom stereocenters. The Morgan fingerprint density at radius 3 is 2.65 bits per heavy atom. The molecule has 0 bridgehead atoms. The zero-order valence-electron chi connectivity index (χ0n) is 11.9. The highest BCUT2D eigenvalue weighted by Gasteiger charge is 2.26. The van der Waals surface area contributed by atoms with Gasteiger partial charge in [-0.3, -0.25) is 0 Å². The fourth-order valence-corrected chi connectivity index (χ4v) is 3.63. The highest BCUT2D eigenvalue weighted by molar-refractivity contribution is 7.10. The third-order valence-electron chi connectivity index (χ3n) is 4.33. The van der Waals surface area contributed by atoms with Crippen LogP contribution in [-0.2, 0) is 0 Å². The summed E-state index contributed by atoms with van der Waals surface area (Å²) in [6.45, 7) is 4.19. The molecule has 1 aliphatic carbocycles. The third kappa shape index (κ3) is 2.44. The van der Waals surface area contributed by atoms with Gasteiger partial charge in [0.25, 0.3) is 5.89 Å². The van der Waals surface area contributed by atoms with Gasteiger partial charge in [-0.15, -0.1) is 0 Å². The largest absolute Gasteiger partial charge is 0.389 e. The molecule has 0 saturated heterocycles. The van der Waals surface area contributed by atoms with Crippen LogP contribution >= 0.6 is 11.5 Å². The molecule has 2 aromatic rings. The molecule has 108 valence electrons. The van der Waals surface area contributed by atoms with Gasteiger partial charge in [-0.1, -0.05) is 18.5 Å². The maximum absolute atomic E-state index is 5.93. The van der Waals surface area contributed by atoms with E-state index < -0.39 is 0 Å². The lowest BCUT2D eigenvalue weighted by Crippen LogP contribution is -2.13. The summed E-state index contributed by atoms with van der Waals surface area (Å²) in [7, 11) is 0. The summed E-state index contributed by atoms with van der Waals surface area (Å²) >= 11 is 1.27. The normalized spacial score (nSPS) is 23.1. The van der Waals surface area contributed by atoms with E-state index in [0.717, 1.165) is 35.8 Å². The number of rotatable bonds is 3. The third-order valence-corrected chi connectivity index (χ3v) is 5.10. The van der Waals surface area contributed by atoms with Crippen LogP contribution in [0.2, 0.25) is 0 Å². The van der Waals surface area contributed by atoms with Gasteiger partial charge in [-0.2, -0.15) is 9.36 Å². The summed E-state index contributed by atoms with van der Waals surface area (Å²) in [5.74, 6) is 2.65. The average molecular weight is 292 g/mol. The molecule has 2 N–H and O–H groups in total. The molecule has 0 aliphatic heterocycles. The van der Waals surface area contributed by atoms with E-state index >= 15 is 0 Å². The molecule has 0 spiro atoms. The summed E-state index contributed by atoms with van der Waals surface area (Å²) in [4.78, 5) is 4.56. The van der Waals surface area contributed by atoms with E-state index in [1.165, 1.54) is 30.8 Å². The zero-order chi connectivity index (χ0) is 14.1. The number of nitrogen functional groups attached to an aromatic ring is 1. The van der Waals surface area contributed by atoms with Crippen molar-refractivity contribution >= 4 is 16.5 Å². The molecule has 0 amide bonds. The highest BCUT2D eigenvalue weighted by atomic mass is 32.1. The van der Waals surface area contributed by atoms with Crippen LogP contribution in [0.5, 0.6) is 0 Å². The van der Waals surface area contributed by atoms with E-state index in [1.54, 1.807) is 0 Å². The molecule has 3 rings (SSSR count). The summed E-state index contributed by atoms with van der Waals surface area (Å²) < 4.78 is 9.63. The topological polar surface area (TPSA) is 77.8 Å². The minimum atomic E-state index is 0.434. The minimum Gasteiger partial charge on any atom is -0.389 e. The van der Waals surface area contributed by atoms with Gasteiger partial charge in [-0.25, -0.2) is 0 Å². The Morgan fingerprint density at radius 2 is 2.05 bits per heavy atom. The zero-order valence-corrected chi connectivity index (χ0v) is 12.7. The number of aromatic nitrogens is 3. The van der Waals surface area contributed by atoms with Crippen molar-refractivity contribution in [3.8, 4) is 11.5 Å². The standard InChI is InChI=1S/C14H20N4OS/c1-3-9-4-6-10(7-5-9)13-16-14(19-17-13)11-8(2)18-20-12(11)15/h9-10H,3-7,15H2,1-2H3. The predicted molar refractivity (Wildman–Crippen MR) is 79.5 cm³/mol. The number of hydrogen-bond donors (Lipinski definition) is 1. The van der Waals surface area contributed by atoms with Crippen molar-refractivity contribution in [2.45, 2.75) is 51.9 Å². The molecule has 0 unspecified atom stereocenters. The summed E-state index contributed by atoms with van der Waals surface area (Å²) in [6.07, 6.45) is 6.14. The lowest BCUT2D eigenvalue weighted by atomic mass is 9.80. The Kier molecular flexibility index (Phi) is 3.74. The second-order valence-electron chi connectivity index (χ2n) is 5.59. The molecule has 2 heterocycles. The number of anilines is 1. The first-order chi connectivity index (χ1) is 9.69. The van der Waals surface area contributed by atoms with E-state index in [2.05, 4.69) is 21.4 Å². The molecule has 5 nitrogen and oxygen atoms in total. The smallest absolute Gasteiger partial charge is 0.262 e. The van der Waals surface area contributed by atoms with Crippen molar-refractivity contribution in [2.24, 2.45) is 5.92 Å². The first kappa shape index (κ1) is 13.5. The summed E-state index contributed by atoms with van der Waals surface area (Å²) in [5.41, 5.74) is 7.59. The Bertz CT molecular complexity index is 564. The highest BCUT2D eigenvalue weighted by Crippen LogP contribution is 2.37. The van der Waals surface area contributed by atoms with Crippen molar-refractivity contribution in [1.82, 2.24) is 14.5 Å². The molecule has 0 radical (unpaired) electrons. The van der Waals surface area contributed by atoms with Gasteiger partial charge in [0.15, 0.2) is 5.82 Å². The van der Waals surface area contributed by atoms with E-state index in [-0.39, 0.29) is 0 Å². The molecule has 1 aliphatic rings. The maximum Gasteiger partial charge on any atom is 0.262 e. The number of hydrogen-bond acceptors (Lipinski definition) is 6. The first-order valence-electron chi connectivity index (χ1n) is 7.24. The Morgan fingerprint density at radius 1 is 1.30 bits per heavy atom.